The molecule has 5 nitrogen and oxygen atoms in total. The average molecular weight is 444 g/mol. The van der Waals surface area contributed by atoms with Gasteiger partial charge in [-0.1, -0.05) is 23.7 Å². The fourth-order valence-electron chi connectivity index (χ4n) is 4.32. The van der Waals surface area contributed by atoms with Gasteiger partial charge in [-0.2, -0.15) is 0 Å². The van der Waals surface area contributed by atoms with Crippen LogP contribution in [0.25, 0.3) is 10.2 Å². The summed E-state index contributed by atoms with van der Waals surface area (Å²) < 4.78 is 14.7. The first-order chi connectivity index (χ1) is 14.5. The molecular formula is C22H19ClFN3O2S. The summed E-state index contributed by atoms with van der Waals surface area (Å²) in [5.41, 5.74) is 1.35. The van der Waals surface area contributed by atoms with E-state index >= 15 is 0 Å². The molecular weight excluding hydrogens is 425 g/mol. The third kappa shape index (κ3) is 3.41. The number of amides is 2. The molecule has 1 atom stereocenters. The topological polar surface area (TPSA) is 53.5 Å². The van der Waals surface area contributed by atoms with Crippen molar-refractivity contribution in [2.24, 2.45) is 0 Å². The van der Waals surface area contributed by atoms with E-state index in [2.05, 4.69) is 11.0 Å². The molecule has 0 N–H and O–H groups in total. The first-order valence-corrected chi connectivity index (χ1v) is 11.1. The van der Waals surface area contributed by atoms with Gasteiger partial charge in [0.1, 0.15) is 5.82 Å². The highest BCUT2D eigenvalue weighted by Gasteiger charge is 2.43. The number of imide groups is 1. The summed E-state index contributed by atoms with van der Waals surface area (Å²) >= 11 is 7.57. The van der Waals surface area contributed by atoms with Crippen molar-refractivity contribution in [3.8, 4) is 0 Å². The molecule has 0 aliphatic carbocycles. The van der Waals surface area contributed by atoms with Crippen molar-refractivity contribution in [1.29, 1.82) is 0 Å². The molecule has 0 spiro atoms. The molecule has 2 aromatic carbocycles. The van der Waals surface area contributed by atoms with Gasteiger partial charge in [0.2, 0.25) is 5.91 Å². The number of nitrogens with zero attached hydrogens (tertiary/aromatic N) is 3. The lowest BCUT2D eigenvalue weighted by atomic mass is 9.96. The molecule has 3 heterocycles. The number of fused-ring (bicyclic) bond motifs is 1. The fourth-order valence-corrected chi connectivity index (χ4v) is 5.63. The Bertz CT molecular complexity index is 1110. The average Bonchev–Trinajstić information content (AvgIpc) is 3.31. The fraction of sp³-hybridized carbons (Fsp3) is 0.318. The van der Waals surface area contributed by atoms with Crippen LogP contribution in [0.1, 0.15) is 30.2 Å². The maximum atomic E-state index is 13.5. The van der Waals surface area contributed by atoms with Crippen LogP contribution in [-0.2, 0) is 9.59 Å². The van der Waals surface area contributed by atoms with Gasteiger partial charge < -0.3 is 0 Å². The van der Waals surface area contributed by atoms with Gasteiger partial charge in [-0.05, 0) is 56.3 Å². The molecule has 0 unspecified atom stereocenters. The number of halogens is 2. The number of likely N-dealkylation sites (tertiary alicyclic amines) is 1. The van der Waals surface area contributed by atoms with Crippen molar-refractivity contribution in [1.82, 2.24) is 9.88 Å². The Morgan fingerprint density at radius 2 is 1.87 bits per heavy atom. The second-order valence-corrected chi connectivity index (χ2v) is 9.19. The van der Waals surface area contributed by atoms with Crippen LogP contribution >= 0.6 is 22.9 Å². The van der Waals surface area contributed by atoms with Crippen molar-refractivity contribution in [2.75, 3.05) is 18.0 Å². The lowest BCUT2D eigenvalue weighted by Crippen LogP contribution is -2.45. The molecule has 2 saturated heterocycles. The van der Waals surface area contributed by atoms with E-state index in [4.69, 9.17) is 16.6 Å². The summed E-state index contributed by atoms with van der Waals surface area (Å²) in [5, 5.41) is 1.04. The van der Waals surface area contributed by atoms with E-state index in [-0.39, 0.29) is 23.3 Å². The molecule has 0 saturated carbocycles. The zero-order valence-corrected chi connectivity index (χ0v) is 17.6. The van der Waals surface area contributed by atoms with Crippen molar-refractivity contribution in [2.45, 2.75) is 31.2 Å². The highest BCUT2D eigenvalue weighted by molar-refractivity contribution is 7.18. The second kappa shape index (κ2) is 7.72. The Kier molecular flexibility index (Phi) is 5.05. The van der Waals surface area contributed by atoms with Crippen LogP contribution in [0.5, 0.6) is 0 Å². The first-order valence-electron chi connectivity index (χ1n) is 9.92. The molecule has 8 heteroatoms. The number of benzene rings is 2. The van der Waals surface area contributed by atoms with Gasteiger partial charge >= 0.3 is 0 Å². The zero-order valence-electron chi connectivity index (χ0n) is 16.1. The first kappa shape index (κ1) is 19.6. The maximum absolute atomic E-state index is 13.5. The summed E-state index contributed by atoms with van der Waals surface area (Å²) in [4.78, 5) is 33.6. The van der Waals surface area contributed by atoms with Crippen molar-refractivity contribution in [3.05, 3.63) is 58.3 Å². The molecule has 2 amide bonds. The summed E-state index contributed by atoms with van der Waals surface area (Å²) in [6, 6.07) is 11.6. The normalized spacial score (nSPS) is 21.1. The Balaban J connectivity index is 1.28. The third-order valence-corrected chi connectivity index (χ3v) is 7.40. The van der Waals surface area contributed by atoms with Crippen LogP contribution in [-0.4, -0.2) is 40.8 Å². The Hall–Kier alpha value is -2.35. The van der Waals surface area contributed by atoms with Gasteiger partial charge in [-0.15, -0.1) is 11.3 Å². The molecule has 2 aliphatic rings. The molecule has 2 aliphatic heterocycles. The van der Waals surface area contributed by atoms with Crippen LogP contribution in [0.4, 0.5) is 10.1 Å². The molecule has 30 heavy (non-hydrogen) atoms. The molecule has 2 fully saturated rings. The van der Waals surface area contributed by atoms with Crippen molar-refractivity contribution >= 4 is 50.7 Å². The smallest absolute Gasteiger partial charge is 0.251 e. The number of anilines is 1. The van der Waals surface area contributed by atoms with Crippen LogP contribution in [0.2, 0.25) is 5.02 Å². The van der Waals surface area contributed by atoms with Gasteiger partial charge in [0.25, 0.3) is 5.91 Å². The maximum Gasteiger partial charge on any atom is 0.251 e. The van der Waals surface area contributed by atoms with Gasteiger partial charge in [0.05, 0.1) is 38.4 Å². The van der Waals surface area contributed by atoms with E-state index in [9.17, 15) is 14.0 Å². The second-order valence-electron chi connectivity index (χ2n) is 7.72. The highest BCUT2D eigenvalue weighted by atomic mass is 35.5. The SMILES string of the molecule is O=C1C[C@@H](N2CCC(c3nc4ccccc4s3)CC2)C(=O)N1c1ccc(F)c(Cl)c1. The third-order valence-electron chi connectivity index (χ3n) is 5.91. The highest BCUT2D eigenvalue weighted by Crippen LogP contribution is 2.36. The van der Waals surface area contributed by atoms with Crippen LogP contribution in [0.15, 0.2) is 42.5 Å². The molecule has 1 aromatic heterocycles. The van der Waals surface area contributed by atoms with Gasteiger partial charge in [-0.3, -0.25) is 14.5 Å². The number of rotatable bonds is 3. The van der Waals surface area contributed by atoms with E-state index in [0.717, 1.165) is 41.4 Å². The monoisotopic (exact) mass is 443 g/mol. The van der Waals surface area contributed by atoms with E-state index in [1.54, 1.807) is 11.3 Å². The van der Waals surface area contributed by atoms with E-state index in [1.807, 2.05) is 18.2 Å². The Labute approximate surface area is 182 Å². The lowest BCUT2D eigenvalue weighted by molar-refractivity contribution is -0.123. The summed E-state index contributed by atoms with van der Waals surface area (Å²) in [6.07, 6.45) is 1.94. The number of thiazole rings is 1. The van der Waals surface area contributed by atoms with E-state index < -0.39 is 11.9 Å². The standard InChI is InChI=1S/C22H19ClFN3O2S/c23-15-11-14(5-6-16(15)24)27-20(28)12-18(22(27)29)26-9-7-13(8-10-26)21-25-17-3-1-2-4-19(17)30-21/h1-6,11,13,18H,7-10,12H2/t18-/m1/s1. The number of carbonyl (C=O) groups excluding carboxylic acids is 2. The number of aromatic nitrogens is 1. The minimum atomic E-state index is -0.576. The van der Waals surface area contributed by atoms with Gasteiger partial charge in [-0.25, -0.2) is 14.3 Å². The molecule has 0 radical (unpaired) electrons. The largest absolute Gasteiger partial charge is 0.291 e. The molecule has 5 rings (SSSR count). The minimum Gasteiger partial charge on any atom is -0.291 e. The quantitative estimate of drug-likeness (QED) is 0.555. The van der Waals surface area contributed by atoms with E-state index in [0.29, 0.717) is 11.6 Å². The minimum absolute atomic E-state index is 0.104. The lowest BCUT2D eigenvalue weighted by Gasteiger charge is -2.34. The number of piperidine rings is 1. The Morgan fingerprint density at radius 3 is 2.60 bits per heavy atom. The van der Waals surface area contributed by atoms with Crippen molar-refractivity contribution < 1.29 is 14.0 Å². The summed E-state index contributed by atoms with van der Waals surface area (Å²) in [7, 11) is 0. The van der Waals surface area contributed by atoms with Gasteiger partial charge in [0.15, 0.2) is 0 Å². The molecule has 3 aromatic rings. The number of hydrogen-bond donors (Lipinski definition) is 0. The Morgan fingerprint density at radius 1 is 1.10 bits per heavy atom. The zero-order chi connectivity index (χ0) is 20.8. The van der Waals surface area contributed by atoms with Gasteiger partial charge in [0, 0.05) is 5.92 Å². The molecule has 0 bridgehead atoms. The van der Waals surface area contributed by atoms with E-state index in [1.165, 1.54) is 22.9 Å². The predicted molar refractivity (Wildman–Crippen MR) is 115 cm³/mol. The van der Waals surface area contributed by atoms with Crippen LogP contribution < -0.4 is 4.90 Å². The number of carbonyl (C=O) groups is 2. The predicted octanol–water partition coefficient (Wildman–Crippen LogP) is 4.60. The number of hydrogen-bond acceptors (Lipinski definition) is 5. The molecule has 154 valence electrons. The summed E-state index contributed by atoms with van der Waals surface area (Å²) in [6.45, 7) is 1.48. The summed E-state index contributed by atoms with van der Waals surface area (Å²) in [5.74, 6) is -0.743. The van der Waals surface area contributed by atoms with Crippen LogP contribution in [0, 0.1) is 5.82 Å². The number of para-hydroxylation sites is 1. The van der Waals surface area contributed by atoms with Crippen LogP contribution in [0.3, 0.4) is 0 Å². The van der Waals surface area contributed by atoms with Crippen molar-refractivity contribution in [3.63, 3.8) is 0 Å².